The summed E-state index contributed by atoms with van der Waals surface area (Å²) in [7, 11) is 3.94. The van der Waals surface area contributed by atoms with Crippen LogP contribution in [-0.4, -0.2) is 24.8 Å². The maximum Gasteiger partial charge on any atom is 0.171 e. The summed E-state index contributed by atoms with van der Waals surface area (Å²) in [5.74, 6) is 0.350. The van der Waals surface area contributed by atoms with Gasteiger partial charge in [-0.2, -0.15) is 0 Å². The zero-order valence-electron chi connectivity index (χ0n) is 11.1. The van der Waals surface area contributed by atoms with Gasteiger partial charge in [-0.25, -0.2) is 0 Å². The Hall–Kier alpha value is -1.57. The second-order valence-corrected chi connectivity index (χ2v) is 5.72. The van der Waals surface area contributed by atoms with Crippen molar-refractivity contribution < 1.29 is 4.79 Å². The van der Waals surface area contributed by atoms with Crippen LogP contribution < -0.4 is 0 Å². The van der Waals surface area contributed by atoms with Crippen LogP contribution in [0.1, 0.15) is 30.4 Å². The van der Waals surface area contributed by atoms with E-state index in [1.807, 2.05) is 25.2 Å². The van der Waals surface area contributed by atoms with Gasteiger partial charge in [0.1, 0.15) is 0 Å². The molecule has 0 aliphatic heterocycles. The van der Waals surface area contributed by atoms with Gasteiger partial charge in [-0.1, -0.05) is 24.3 Å². The number of nitrogens with zero attached hydrogens (tertiary/aromatic N) is 1. The summed E-state index contributed by atoms with van der Waals surface area (Å²) in [4.78, 5) is 14.5. The molecule has 0 bridgehead atoms. The topological polar surface area (TPSA) is 20.3 Å². The van der Waals surface area contributed by atoms with Crippen molar-refractivity contribution >= 4 is 5.78 Å². The SMILES string of the molecule is CN(C)/C=C1\CC2(CCCc3ccccc32)C1=O. The normalized spacial score (nSPS) is 28.1. The number of carbonyl (C=O) groups excluding carboxylic acids is 1. The Labute approximate surface area is 108 Å². The second kappa shape index (κ2) is 3.98. The van der Waals surface area contributed by atoms with Crippen LogP contribution in [0, 0.1) is 0 Å². The smallest absolute Gasteiger partial charge is 0.171 e. The number of Topliss-reactive ketones (excluding diaryl/α,β-unsaturated/α-hetero) is 1. The van der Waals surface area contributed by atoms with Crippen LogP contribution >= 0.6 is 0 Å². The molecule has 3 rings (SSSR count). The van der Waals surface area contributed by atoms with Crippen LogP contribution in [-0.2, 0) is 16.6 Å². The molecule has 0 aromatic heterocycles. The van der Waals surface area contributed by atoms with Crippen molar-refractivity contribution in [3.05, 3.63) is 47.2 Å². The molecule has 1 spiro atoms. The molecule has 94 valence electrons. The van der Waals surface area contributed by atoms with Gasteiger partial charge in [0.15, 0.2) is 5.78 Å². The van der Waals surface area contributed by atoms with Crippen molar-refractivity contribution in [3.8, 4) is 0 Å². The number of aryl methyl sites for hydroxylation is 1. The highest BCUT2D eigenvalue weighted by molar-refractivity contribution is 6.11. The monoisotopic (exact) mass is 241 g/mol. The summed E-state index contributed by atoms with van der Waals surface area (Å²) in [6.07, 6.45) is 6.18. The third-order valence-electron chi connectivity index (χ3n) is 4.22. The fourth-order valence-electron chi connectivity index (χ4n) is 3.44. The van der Waals surface area contributed by atoms with Crippen molar-refractivity contribution in [1.29, 1.82) is 0 Å². The fourth-order valence-corrected chi connectivity index (χ4v) is 3.44. The molecule has 0 heterocycles. The minimum atomic E-state index is -0.184. The summed E-state index contributed by atoms with van der Waals surface area (Å²) in [5, 5.41) is 0. The highest BCUT2D eigenvalue weighted by Gasteiger charge is 2.52. The molecule has 2 nitrogen and oxygen atoms in total. The summed E-state index contributed by atoms with van der Waals surface area (Å²) in [6, 6.07) is 8.47. The average molecular weight is 241 g/mol. The van der Waals surface area contributed by atoms with Crippen LogP contribution in [0.5, 0.6) is 0 Å². The van der Waals surface area contributed by atoms with Crippen molar-refractivity contribution in [3.63, 3.8) is 0 Å². The highest BCUT2D eigenvalue weighted by Crippen LogP contribution is 2.51. The first-order chi connectivity index (χ1) is 8.63. The lowest BCUT2D eigenvalue weighted by Gasteiger charge is -2.46. The first-order valence-corrected chi connectivity index (χ1v) is 6.64. The van der Waals surface area contributed by atoms with Crippen LogP contribution in [0.3, 0.4) is 0 Å². The third-order valence-corrected chi connectivity index (χ3v) is 4.22. The fraction of sp³-hybridized carbons (Fsp3) is 0.438. The van der Waals surface area contributed by atoms with Gasteiger partial charge < -0.3 is 4.90 Å². The lowest BCUT2D eigenvalue weighted by molar-refractivity contribution is -0.126. The van der Waals surface area contributed by atoms with Crippen LogP contribution in [0.2, 0.25) is 0 Å². The number of hydrogen-bond acceptors (Lipinski definition) is 2. The van der Waals surface area contributed by atoms with E-state index in [-0.39, 0.29) is 5.41 Å². The van der Waals surface area contributed by atoms with Gasteiger partial charge in [0.2, 0.25) is 0 Å². The maximum atomic E-state index is 12.5. The maximum absolute atomic E-state index is 12.5. The molecule has 2 heteroatoms. The molecule has 0 N–H and O–H groups in total. The number of fused-ring (bicyclic) bond motifs is 2. The molecule has 18 heavy (non-hydrogen) atoms. The number of rotatable bonds is 1. The molecule has 1 unspecified atom stereocenters. The Morgan fingerprint density at radius 1 is 1.28 bits per heavy atom. The average Bonchev–Trinajstić information content (AvgIpc) is 2.37. The molecule has 2 aliphatic carbocycles. The summed E-state index contributed by atoms with van der Waals surface area (Å²) >= 11 is 0. The molecule has 2 aliphatic rings. The zero-order valence-corrected chi connectivity index (χ0v) is 11.1. The largest absolute Gasteiger partial charge is 0.383 e. The number of ketones is 1. The van der Waals surface area contributed by atoms with E-state index in [0.29, 0.717) is 5.78 Å². The first kappa shape index (κ1) is 11.5. The van der Waals surface area contributed by atoms with Gasteiger partial charge in [0.25, 0.3) is 0 Å². The lowest BCUT2D eigenvalue weighted by atomic mass is 9.55. The van der Waals surface area contributed by atoms with E-state index in [9.17, 15) is 4.79 Å². The van der Waals surface area contributed by atoms with Crippen molar-refractivity contribution in [2.45, 2.75) is 31.1 Å². The van der Waals surface area contributed by atoms with Gasteiger partial charge in [0, 0.05) is 25.9 Å². The zero-order chi connectivity index (χ0) is 12.8. The standard InChI is InChI=1S/C16H19NO/c1-17(2)11-13-10-16(15(13)18)9-5-7-12-6-3-4-8-14(12)16/h3-4,6,8,11H,5,7,9-10H2,1-2H3/b13-11+. The van der Waals surface area contributed by atoms with Crippen LogP contribution in [0.25, 0.3) is 0 Å². The van der Waals surface area contributed by atoms with E-state index < -0.39 is 0 Å². The Kier molecular flexibility index (Phi) is 2.54. The summed E-state index contributed by atoms with van der Waals surface area (Å²) < 4.78 is 0. The van der Waals surface area contributed by atoms with Gasteiger partial charge in [-0.15, -0.1) is 0 Å². The molecular weight excluding hydrogens is 222 g/mol. The Bertz CT molecular complexity index is 530. The van der Waals surface area contributed by atoms with E-state index >= 15 is 0 Å². The number of hydrogen-bond donors (Lipinski definition) is 0. The second-order valence-electron chi connectivity index (χ2n) is 5.72. The Balaban J connectivity index is 1.99. The van der Waals surface area contributed by atoms with E-state index in [0.717, 1.165) is 31.3 Å². The first-order valence-electron chi connectivity index (χ1n) is 6.64. The van der Waals surface area contributed by atoms with Crippen LogP contribution in [0.4, 0.5) is 0 Å². The molecule has 0 saturated heterocycles. The number of carbonyl (C=O) groups is 1. The van der Waals surface area contributed by atoms with E-state index in [1.54, 1.807) is 0 Å². The highest BCUT2D eigenvalue weighted by atomic mass is 16.1. The Morgan fingerprint density at radius 3 is 2.78 bits per heavy atom. The van der Waals surface area contributed by atoms with E-state index in [2.05, 4.69) is 24.3 Å². The molecule has 1 aromatic rings. The minimum Gasteiger partial charge on any atom is -0.383 e. The Morgan fingerprint density at radius 2 is 2.06 bits per heavy atom. The molecular formula is C16H19NO. The van der Waals surface area contributed by atoms with Crippen molar-refractivity contribution in [2.24, 2.45) is 0 Å². The summed E-state index contributed by atoms with van der Waals surface area (Å²) in [5.41, 5.74) is 3.46. The van der Waals surface area contributed by atoms with Gasteiger partial charge >= 0.3 is 0 Å². The van der Waals surface area contributed by atoms with Crippen molar-refractivity contribution in [1.82, 2.24) is 4.90 Å². The summed E-state index contributed by atoms with van der Waals surface area (Å²) in [6.45, 7) is 0. The molecule has 1 atom stereocenters. The van der Waals surface area contributed by atoms with Gasteiger partial charge in [-0.3, -0.25) is 4.79 Å². The van der Waals surface area contributed by atoms with E-state index in [4.69, 9.17) is 0 Å². The quantitative estimate of drug-likeness (QED) is 0.705. The molecule has 1 fully saturated rings. The molecule has 0 radical (unpaired) electrons. The third kappa shape index (κ3) is 1.52. The predicted octanol–water partition coefficient (Wildman–Crippen LogP) is 2.68. The molecule has 1 aromatic carbocycles. The number of benzene rings is 1. The van der Waals surface area contributed by atoms with Gasteiger partial charge in [0.05, 0.1) is 5.41 Å². The lowest BCUT2D eigenvalue weighted by Crippen LogP contribution is -2.49. The predicted molar refractivity (Wildman–Crippen MR) is 72.5 cm³/mol. The van der Waals surface area contributed by atoms with Crippen molar-refractivity contribution in [2.75, 3.05) is 14.1 Å². The molecule has 0 amide bonds. The minimum absolute atomic E-state index is 0.184. The molecule has 1 saturated carbocycles. The number of allylic oxidation sites excluding steroid dienone is 1. The van der Waals surface area contributed by atoms with Crippen LogP contribution in [0.15, 0.2) is 36.0 Å². The van der Waals surface area contributed by atoms with Gasteiger partial charge in [-0.05, 0) is 36.8 Å². The van der Waals surface area contributed by atoms with E-state index in [1.165, 1.54) is 11.1 Å².